The summed E-state index contributed by atoms with van der Waals surface area (Å²) in [4.78, 5) is 14.9. The van der Waals surface area contributed by atoms with E-state index in [4.69, 9.17) is 21.9 Å². The average Bonchev–Trinajstić information content (AvgIpc) is 3.24. The Morgan fingerprint density at radius 3 is 2.85 bits per heavy atom. The number of amides is 1. The number of benzene rings is 1. The zero-order chi connectivity index (χ0) is 17.7. The number of halogens is 3. The Hall–Kier alpha value is -1.63. The lowest BCUT2D eigenvalue weighted by Crippen LogP contribution is -2.33. The molecule has 26 heavy (non-hydrogen) atoms. The summed E-state index contributed by atoms with van der Waals surface area (Å²) in [6.45, 7) is 2.95. The van der Waals surface area contributed by atoms with Crippen molar-refractivity contribution in [2.24, 2.45) is 17.6 Å². The van der Waals surface area contributed by atoms with Crippen LogP contribution in [0.3, 0.4) is 0 Å². The molecule has 0 radical (unpaired) electrons. The van der Waals surface area contributed by atoms with Crippen LogP contribution in [0.15, 0.2) is 22.7 Å². The van der Waals surface area contributed by atoms with Gasteiger partial charge in [-0.2, -0.15) is 0 Å². The van der Waals surface area contributed by atoms with Gasteiger partial charge < -0.3 is 15.2 Å². The predicted octanol–water partition coefficient (Wildman–Crippen LogP) is 3.67. The highest BCUT2D eigenvalue weighted by molar-refractivity contribution is 6.33. The maximum absolute atomic E-state index is 14.3. The van der Waals surface area contributed by atoms with E-state index < -0.39 is 5.82 Å². The second kappa shape index (κ2) is 7.18. The molecule has 1 aliphatic heterocycles. The van der Waals surface area contributed by atoms with Crippen molar-refractivity contribution >= 4 is 29.9 Å². The fourth-order valence-corrected chi connectivity index (χ4v) is 4.40. The number of likely N-dealkylation sites (tertiary alicyclic amines) is 1. The molecule has 0 bridgehead atoms. The van der Waals surface area contributed by atoms with E-state index in [1.165, 1.54) is 12.1 Å². The second-order valence-corrected chi connectivity index (χ2v) is 7.34. The molecular weight excluding hydrogens is 380 g/mol. The summed E-state index contributed by atoms with van der Waals surface area (Å²) in [7, 11) is 0. The van der Waals surface area contributed by atoms with Gasteiger partial charge in [0.1, 0.15) is 22.8 Å². The number of nitrogens with zero attached hydrogens (tertiary/aromatic N) is 2. The number of hydrogen-bond donors (Lipinski definition) is 1. The van der Waals surface area contributed by atoms with Gasteiger partial charge in [0.2, 0.25) is 0 Å². The van der Waals surface area contributed by atoms with E-state index in [-0.39, 0.29) is 46.2 Å². The molecule has 2 aliphatic rings. The van der Waals surface area contributed by atoms with Gasteiger partial charge in [-0.1, -0.05) is 22.8 Å². The molecule has 1 aromatic carbocycles. The molecule has 5 nitrogen and oxygen atoms in total. The third-order valence-electron chi connectivity index (χ3n) is 5.48. The normalized spacial score (nSPS) is 24.5. The molecule has 4 rings (SSSR count). The number of aryl methyl sites for hydroxylation is 1. The lowest BCUT2D eigenvalue weighted by molar-refractivity contribution is 0.0778. The van der Waals surface area contributed by atoms with Crippen molar-refractivity contribution in [3.8, 4) is 11.3 Å². The van der Waals surface area contributed by atoms with E-state index in [0.29, 0.717) is 30.7 Å². The van der Waals surface area contributed by atoms with Gasteiger partial charge in [0.05, 0.1) is 10.6 Å². The van der Waals surface area contributed by atoms with Gasteiger partial charge in [-0.15, -0.1) is 12.4 Å². The van der Waals surface area contributed by atoms with Crippen LogP contribution in [-0.4, -0.2) is 35.1 Å². The molecule has 3 atom stereocenters. The van der Waals surface area contributed by atoms with Crippen LogP contribution in [-0.2, 0) is 0 Å². The van der Waals surface area contributed by atoms with E-state index in [1.54, 1.807) is 17.9 Å². The lowest BCUT2D eigenvalue weighted by atomic mass is 9.98. The van der Waals surface area contributed by atoms with Gasteiger partial charge >= 0.3 is 0 Å². The van der Waals surface area contributed by atoms with Gasteiger partial charge in [-0.05, 0) is 43.7 Å². The molecule has 3 unspecified atom stereocenters. The Morgan fingerprint density at radius 2 is 2.15 bits per heavy atom. The van der Waals surface area contributed by atoms with Crippen molar-refractivity contribution in [2.75, 3.05) is 13.1 Å². The van der Waals surface area contributed by atoms with Crippen LogP contribution in [0.5, 0.6) is 0 Å². The highest BCUT2D eigenvalue weighted by atomic mass is 35.5. The highest BCUT2D eigenvalue weighted by Crippen LogP contribution is 2.39. The maximum Gasteiger partial charge on any atom is 0.259 e. The molecule has 8 heteroatoms. The van der Waals surface area contributed by atoms with Gasteiger partial charge in [0, 0.05) is 19.1 Å². The number of carbonyl (C=O) groups excluding carboxylic acids is 1. The van der Waals surface area contributed by atoms with Crippen LogP contribution in [0.1, 0.15) is 29.0 Å². The third-order valence-corrected chi connectivity index (χ3v) is 5.79. The first-order valence-electron chi connectivity index (χ1n) is 8.43. The summed E-state index contributed by atoms with van der Waals surface area (Å²) in [5.74, 6) is 0.412. The molecule has 2 aromatic rings. The van der Waals surface area contributed by atoms with Crippen LogP contribution in [0.4, 0.5) is 4.39 Å². The molecule has 2 fully saturated rings. The minimum atomic E-state index is -0.532. The van der Waals surface area contributed by atoms with Gasteiger partial charge in [0.15, 0.2) is 0 Å². The Kier molecular flexibility index (Phi) is 5.28. The first kappa shape index (κ1) is 19.1. The van der Waals surface area contributed by atoms with Crippen LogP contribution in [0.2, 0.25) is 5.02 Å². The topological polar surface area (TPSA) is 72.4 Å². The zero-order valence-electron chi connectivity index (χ0n) is 14.2. The number of fused-ring (bicyclic) bond motifs is 1. The van der Waals surface area contributed by atoms with E-state index >= 15 is 0 Å². The standard InChI is InChI=1S/C18H19ClFN3O2.ClH/c1-9-15(17(22-25-9)16-12(19)3-2-4-13(16)20)18(24)23-7-10-5-6-14(21)11(10)8-23;/h2-4,10-11,14H,5-8,21H2,1H3;1H. The van der Waals surface area contributed by atoms with Crippen molar-refractivity contribution in [1.82, 2.24) is 10.1 Å². The van der Waals surface area contributed by atoms with Crippen LogP contribution in [0.25, 0.3) is 11.3 Å². The van der Waals surface area contributed by atoms with Crippen LogP contribution < -0.4 is 5.73 Å². The second-order valence-electron chi connectivity index (χ2n) is 6.93. The molecule has 1 amide bonds. The summed E-state index contributed by atoms with van der Waals surface area (Å²) in [6.07, 6.45) is 2.06. The lowest BCUT2D eigenvalue weighted by Gasteiger charge is -2.19. The van der Waals surface area contributed by atoms with Crippen molar-refractivity contribution in [2.45, 2.75) is 25.8 Å². The zero-order valence-corrected chi connectivity index (χ0v) is 15.8. The summed E-state index contributed by atoms with van der Waals surface area (Å²) in [5, 5.41) is 4.11. The minimum absolute atomic E-state index is 0. The van der Waals surface area contributed by atoms with Gasteiger partial charge in [-0.3, -0.25) is 4.79 Å². The fourth-order valence-electron chi connectivity index (χ4n) is 4.15. The highest BCUT2D eigenvalue weighted by Gasteiger charge is 2.43. The predicted molar refractivity (Wildman–Crippen MR) is 99.0 cm³/mol. The SMILES string of the molecule is Cc1onc(-c2c(F)cccc2Cl)c1C(=O)N1CC2CCC(N)C2C1.Cl. The van der Waals surface area contributed by atoms with Gasteiger partial charge in [-0.25, -0.2) is 4.39 Å². The van der Waals surface area contributed by atoms with E-state index in [0.717, 1.165) is 12.8 Å². The number of hydrogen-bond acceptors (Lipinski definition) is 4. The molecule has 140 valence electrons. The molecule has 2 heterocycles. The van der Waals surface area contributed by atoms with Crippen LogP contribution in [0, 0.1) is 24.6 Å². The minimum Gasteiger partial charge on any atom is -0.360 e. The summed E-state index contributed by atoms with van der Waals surface area (Å²) < 4.78 is 19.5. The largest absolute Gasteiger partial charge is 0.360 e. The molecule has 1 saturated carbocycles. The molecule has 1 aromatic heterocycles. The summed E-state index contributed by atoms with van der Waals surface area (Å²) >= 11 is 6.14. The number of rotatable bonds is 2. The van der Waals surface area contributed by atoms with Crippen molar-refractivity contribution < 1.29 is 13.7 Å². The number of carbonyl (C=O) groups is 1. The Morgan fingerprint density at radius 1 is 1.38 bits per heavy atom. The third kappa shape index (κ3) is 3.00. The smallest absolute Gasteiger partial charge is 0.259 e. The summed E-state index contributed by atoms with van der Waals surface area (Å²) in [6, 6.07) is 4.52. The number of aromatic nitrogens is 1. The molecule has 0 spiro atoms. The molecule has 1 aliphatic carbocycles. The monoisotopic (exact) mass is 399 g/mol. The van der Waals surface area contributed by atoms with Crippen LogP contribution >= 0.6 is 24.0 Å². The van der Waals surface area contributed by atoms with Crippen molar-refractivity contribution in [3.05, 3.63) is 40.4 Å². The van der Waals surface area contributed by atoms with Crippen molar-refractivity contribution in [1.29, 1.82) is 0 Å². The molecule has 1 saturated heterocycles. The van der Waals surface area contributed by atoms with Crippen molar-refractivity contribution in [3.63, 3.8) is 0 Å². The maximum atomic E-state index is 14.3. The Labute approximate surface area is 162 Å². The number of nitrogens with two attached hydrogens (primary N) is 1. The first-order chi connectivity index (χ1) is 12.0. The fraction of sp³-hybridized carbons (Fsp3) is 0.444. The Balaban J connectivity index is 0.00000196. The molecule has 2 N–H and O–H groups in total. The first-order valence-corrected chi connectivity index (χ1v) is 8.80. The Bertz CT molecular complexity index is 822. The average molecular weight is 400 g/mol. The van der Waals surface area contributed by atoms with E-state index in [1.807, 2.05) is 0 Å². The quantitative estimate of drug-likeness (QED) is 0.835. The van der Waals surface area contributed by atoms with Gasteiger partial charge in [0.25, 0.3) is 5.91 Å². The van der Waals surface area contributed by atoms with E-state index in [2.05, 4.69) is 5.16 Å². The molecular formula is C18H20Cl2FN3O2. The summed E-state index contributed by atoms with van der Waals surface area (Å²) in [5.41, 5.74) is 6.69. The van der Waals surface area contributed by atoms with E-state index in [9.17, 15) is 9.18 Å².